The SMILES string of the molecule is CN(C)c1ncc(C(=O)N2CC[C@@H](NC(=O)c3ccccc3OC(F)(F)F)[C@@H](c3ccccc3)C2)cc1Br. The van der Waals surface area contributed by atoms with Gasteiger partial charge in [0.15, 0.2) is 0 Å². The van der Waals surface area contributed by atoms with Gasteiger partial charge < -0.3 is 19.9 Å². The van der Waals surface area contributed by atoms with E-state index >= 15 is 0 Å². The number of rotatable bonds is 6. The molecule has 0 radical (unpaired) electrons. The molecule has 1 saturated heterocycles. The number of alkyl halides is 3. The van der Waals surface area contributed by atoms with Gasteiger partial charge in [-0.05, 0) is 46.1 Å². The number of likely N-dealkylation sites (tertiary alicyclic amines) is 1. The van der Waals surface area contributed by atoms with Crippen molar-refractivity contribution in [2.24, 2.45) is 0 Å². The molecule has 0 spiro atoms. The van der Waals surface area contributed by atoms with E-state index < -0.39 is 24.1 Å². The van der Waals surface area contributed by atoms with Crippen molar-refractivity contribution < 1.29 is 27.5 Å². The zero-order chi connectivity index (χ0) is 27.4. The number of para-hydroxylation sites is 1. The number of benzene rings is 2. The number of ether oxygens (including phenoxy) is 1. The van der Waals surface area contributed by atoms with E-state index in [1.54, 1.807) is 11.0 Å². The molecule has 2 aromatic carbocycles. The average molecular weight is 591 g/mol. The Morgan fingerprint density at radius 3 is 2.45 bits per heavy atom. The molecule has 1 aromatic heterocycles. The van der Waals surface area contributed by atoms with Crippen LogP contribution in [0.3, 0.4) is 0 Å². The third kappa shape index (κ3) is 6.45. The van der Waals surface area contributed by atoms with Crippen molar-refractivity contribution in [3.63, 3.8) is 0 Å². The Bertz CT molecular complexity index is 1300. The molecule has 1 fully saturated rings. The first-order chi connectivity index (χ1) is 18.0. The lowest BCUT2D eigenvalue weighted by Gasteiger charge is -2.39. The predicted molar refractivity (Wildman–Crippen MR) is 140 cm³/mol. The number of pyridine rings is 1. The molecule has 2 amide bonds. The van der Waals surface area contributed by atoms with Crippen LogP contribution in [0.15, 0.2) is 71.3 Å². The van der Waals surface area contributed by atoms with Crippen molar-refractivity contribution in [3.05, 3.63) is 88.0 Å². The van der Waals surface area contributed by atoms with Gasteiger partial charge >= 0.3 is 6.36 Å². The van der Waals surface area contributed by atoms with Crippen molar-refractivity contribution in [3.8, 4) is 5.75 Å². The molecule has 0 aliphatic carbocycles. The molecular weight excluding hydrogens is 565 g/mol. The normalized spacial score (nSPS) is 17.6. The maximum absolute atomic E-state index is 13.4. The highest BCUT2D eigenvalue weighted by atomic mass is 79.9. The molecule has 0 saturated carbocycles. The quantitative estimate of drug-likeness (QED) is 0.425. The van der Waals surface area contributed by atoms with Crippen LogP contribution in [-0.4, -0.2) is 61.3 Å². The van der Waals surface area contributed by atoms with Gasteiger partial charge in [-0.15, -0.1) is 13.2 Å². The number of piperidine rings is 1. The zero-order valence-corrected chi connectivity index (χ0v) is 22.3. The zero-order valence-electron chi connectivity index (χ0n) is 20.7. The molecule has 1 aliphatic heterocycles. The van der Waals surface area contributed by atoms with Crippen LogP contribution in [0.5, 0.6) is 5.75 Å². The van der Waals surface area contributed by atoms with E-state index in [1.165, 1.54) is 24.4 Å². The van der Waals surface area contributed by atoms with Crippen molar-refractivity contribution in [2.75, 3.05) is 32.1 Å². The molecule has 0 bridgehead atoms. The predicted octanol–water partition coefficient (Wildman–Crippen LogP) is 5.24. The van der Waals surface area contributed by atoms with Gasteiger partial charge in [-0.25, -0.2) is 4.98 Å². The van der Waals surface area contributed by atoms with Crippen LogP contribution >= 0.6 is 15.9 Å². The first-order valence-electron chi connectivity index (χ1n) is 11.9. The highest BCUT2D eigenvalue weighted by molar-refractivity contribution is 9.10. The van der Waals surface area contributed by atoms with Gasteiger partial charge in [0.1, 0.15) is 11.6 Å². The molecule has 7 nitrogen and oxygen atoms in total. The lowest BCUT2D eigenvalue weighted by Crippen LogP contribution is -2.51. The molecule has 0 unspecified atom stereocenters. The molecular formula is C27H26BrF3N4O3. The van der Waals surface area contributed by atoms with Gasteiger partial charge in [0.25, 0.3) is 11.8 Å². The maximum atomic E-state index is 13.4. The lowest BCUT2D eigenvalue weighted by atomic mass is 9.85. The number of amides is 2. The third-order valence-electron chi connectivity index (χ3n) is 6.29. The second kappa shape index (κ2) is 11.4. The number of carbonyl (C=O) groups is 2. The summed E-state index contributed by atoms with van der Waals surface area (Å²) in [4.78, 5) is 34.4. The number of nitrogens with one attached hydrogen (secondary N) is 1. The highest BCUT2D eigenvalue weighted by Gasteiger charge is 2.36. The summed E-state index contributed by atoms with van der Waals surface area (Å²) >= 11 is 3.47. The number of nitrogens with zero attached hydrogens (tertiary/aromatic N) is 3. The molecule has 11 heteroatoms. The molecule has 2 atom stereocenters. The van der Waals surface area contributed by atoms with Crippen LogP contribution in [0.2, 0.25) is 0 Å². The monoisotopic (exact) mass is 590 g/mol. The van der Waals surface area contributed by atoms with Crippen molar-refractivity contribution in [1.29, 1.82) is 0 Å². The number of aromatic nitrogens is 1. The van der Waals surface area contributed by atoms with Crippen LogP contribution in [0.25, 0.3) is 0 Å². The summed E-state index contributed by atoms with van der Waals surface area (Å²) < 4.78 is 43.4. The second-order valence-electron chi connectivity index (χ2n) is 9.10. The Kier molecular flexibility index (Phi) is 8.25. The number of anilines is 1. The Labute approximate surface area is 226 Å². The van der Waals surface area contributed by atoms with Gasteiger partial charge in [-0.1, -0.05) is 42.5 Å². The topological polar surface area (TPSA) is 74.8 Å². The van der Waals surface area contributed by atoms with E-state index in [1.807, 2.05) is 49.3 Å². The van der Waals surface area contributed by atoms with Crippen LogP contribution in [0.1, 0.15) is 38.6 Å². The van der Waals surface area contributed by atoms with Crippen molar-refractivity contribution in [2.45, 2.75) is 24.7 Å². The Balaban J connectivity index is 1.56. The number of halogens is 4. The number of hydrogen-bond acceptors (Lipinski definition) is 5. The molecule has 3 aromatic rings. The molecule has 38 heavy (non-hydrogen) atoms. The smallest absolute Gasteiger partial charge is 0.405 e. The Morgan fingerprint density at radius 1 is 1.11 bits per heavy atom. The second-order valence-corrected chi connectivity index (χ2v) is 9.96. The molecule has 4 rings (SSSR count). The van der Waals surface area contributed by atoms with E-state index in [0.29, 0.717) is 35.4 Å². The highest BCUT2D eigenvalue weighted by Crippen LogP contribution is 2.31. The van der Waals surface area contributed by atoms with Gasteiger partial charge in [0.05, 0.1) is 15.6 Å². The van der Waals surface area contributed by atoms with E-state index in [0.717, 1.165) is 11.6 Å². The fourth-order valence-corrected chi connectivity index (χ4v) is 5.22. The summed E-state index contributed by atoms with van der Waals surface area (Å²) in [6.07, 6.45) is -2.99. The summed E-state index contributed by atoms with van der Waals surface area (Å²) in [5.41, 5.74) is 1.11. The molecule has 200 valence electrons. The first kappa shape index (κ1) is 27.4. The van der Waals surface area contributed by atoms with Gasteiger partial charge in [-0.3, -0.25) is 9.59 Å². The molecule has 1 aliphatic rings. The average Bonchev–Trinajstić information content (AvgIpc) is 2.88. The number of carbonyl (C=O) groups excluding carboxylic acids is 2. The van der Waals surface area contributed by atoms with E-state index in [-0.39, 0.29) is 17.4 Å². The van der Waals surface area contributed by atoms with Gasteiger partial charge in [-0.2, -0.15) is 0 Å². The summed E-state index contributed by atoms with van der Waals surface area (Å²) in [6, 6.07) is 15.9. The van der Waals surface area contributed by atoms with Gasteiger partial charge in [0.2, 0.25) is 0 Å². The Hall–Kier alpha value is -3.60. The minimum absolute atomic E-state index is 0.196. The minimum Gasteiger partial charge on any atom is -0.405 e. The largest absolute Gasteiger partial charge is 0.573 e. The Morgan fingerprint density at radius 2 is 1.79 bits per heavy atom. The third-order valence-corrected chi connectivity index (χ3v) is 6.88. The van der Waals surface area contributed by atoms with E-state index in [9.17, 15) is 22.8 Å². The maximum Gasteiger partial charge on any atom is 0.573 e. The van der Waals surface area contributed by atoms with Crippen LogP contribution in [0.4, 0.5) is 19.0 Å². The number of hydrogen-bond donors (Lipinski definition) is 1. The van der Waals surface area contributed by atoms with Crippen LogP contribution in [0, 0.1) is 0 Å². The minimum atomic E-state index is -4.93. The molecule has 2 heterocycles. The van der Waals surface area contributed by atoms with E-state index in [4.69, 9.17) is 0 Å². The fourth-order valence-electron chi connectivity index (χ4n) is 4.52. The first-order valence-corrected chi connectivity index (χ1v) is 12.7. The van der Waals surface area contributed by atoms with Gasteiger partial charge in [0, 0.05) is 45.3 Å². The molecule has 1 N–H and O–H groups in total. The van der Waals surface area contributed by atoms with Crippen molar-refractivity contribution >= 4 is 33.6 Å². The van der Waals surface area contributed by atoms with Crippen LogP contribution < -0.4 is 15.0 Å². The lowest BCUT2D eigenvalue weighted by molar-refractivity contribution is -0.274. The summed E-state index contributed by atoms with van der Waals surface area (Å²) in [6.45, 7) is 0.655. The van der Waals surface area contributed by atoms with E-state index in [2.05, 4.69) is 31.0 Å². The van der Waals surface area contributed by atoms with Crippen molar-refractivity contribution in [1.82, 2.24) is 15.2 Å². The summed E-state index contributed by atoms with van der Waals surface area (Å²) in [5, 5.41) is 2.89. The summed E-state index contributed by atoms with van der Waals surface area (Å²) in [5.74, 6) is -1.03. The summed E-state index contributed by atoms with van der Waals surface area (Å²) in [7, 11) is 3.71. The standard InChI is InChI=1S/C27H26BrF3N4O3/c1-34(2)24-21(28)14-18(15-32-24)26(37)35-13-12-22(20(16-35)17-8-4-3-5-9-17)33-25(36)19-10-6-7-11-23(19)38-27(29,30)31/h3-11,14-15,20,22H,12-13,16H2,1-2H3,(H,33,36)/t20-,22-/m1/s1. The van der Waals surface area contributed by atoms with Crippen LogP contribution in [-0.2, 0) is 0 Å². The fraction of sp³-hybridized carbons (Fsp3) is 0.296.